The van der Waals surface area contributed by atoms with Gasteiger partial charge in [-0.15, -0.1) is 0 Å². The lowest BCUT2D eigenvalue weighted by molar-refractivity contribution is 0.0729. The first kappa shape index (κ1) is 13.1. The Labute approximate surface area is 96.9 Å². The summed E-state index contributed by atoms with van der Waals surface area (Å²) in [5, 5.41) is 8.58. The zero-order chi connectivity index (χ0) is 11.6. The summed E-state index contributed by atoms with van der Waals surface area (Å²) in [5.74, 6) is 0. The van der Waals surface area contributed by atoms with E-state index in [-0.39, 0.29) is 6.61 Å². The molecule has 0 aliphatic carbocycles. The standard InChI is InChI=1S/C12H20N2O2/c1-2-14(7-9-16-10-8-15)11-12-5-3-4-6-13-12/h3-6,15H,2,7-11H2,1H3. The molecule has 90 valence electrons. The van der Waals surface area contributed by atoms with Gasteiger partial charge in [-0.2, -0.15) is 0 Å². The highest BCUT2D eigenvalue weighted by molar-refractivity contribution is 5.03. The fraction of sp³-hybridized carbons (Fsp3) is 0.583. The molecule has 1 aromatic rings. The van der Waals surface area contributed by atoms with E-state index >= 15 is 0 Å². The molecule has 1 heterocycles. The second kappa shape index (κ2) is 8.21. The Morgan fingerprint density at radius 1 is 1.38 bits per heavy atom. The average molecular weight is 224 g/mol. The summed E-state index contributed by atoms with van der Waals surface area (Å²) in [6.45, 7) is 5.97. The second-order valence-corrected chi connectivity index (χ2v) is 3.53. The fourth-order valence-corrected chi connectivity index (χ4v) is 1.43. The van der Waals surface area contributed by atoms with Gasteiger partial charge in [0, 0.05) is 19.3 Å². The van der Waals surface area contributed by atoms with Crippen LogP contribution in [0.25, 0.3) is 0 Å². The Balaban J connectivity index is 2.26. The molecule has 16 heavy (non-hydrogen) atoms. The number of rotatable bonds is 8. The number of hydrogen-bond donors (Lipinski definition) is 1. The van der Waals surface area contributed by atoms with Crippen molar-refractivity contribution in [2.45, 2.75) is 13.5 Å². The zero-order valence-corrected chi connectivity index (χ0v) is 9.80. The lowest BCUT2D eigenvalue weighted by Crippen LogP contribution is -2.27. The largest absolute Gasteiger partial charge is 0.394 e. The molecule has 0 amide bonds. The van der Waals surface area contributed by atoms with E-state index in [0.29, 0.717) is 13.2 Å². The van der Waals surface area contributed by atoms with Crippen LogP contribution < -0.4 is 0 Å². The SMILES string of the molecule is CCN(CCOCCO)Cc1ccccn1. The van der Waals surface area contributed by atoms with E-state index in [1.54, 1.807) is 0 Å². The van der Waals surface area contributed by atoms with Crippen LogP contribution in [0.2, 0.25) is 0 Å². The van der Waals surface area contributed by atoms with E-state index < -0.39 is 0 Å². The number of pyridine rings is 1. The molecule has 1 aromatic heterocycles. The van der Waals surface area contributed by atoms with Crippen LogP contribution in [0.1, 0.15) is 12.6 Å². The van der Waals surface area contributed by atoms with Crippen LogP contribution >= 0.6 is 0 Å². The van der Waals surface area contributed by atoms with E-state index in [2.05, 4.69) is 16.8 Å². The summed E-state index contributed by atoms with van der Waals surface area (Å²) in [7, 11) is 0. The number of likely N-dealkylation sites (N-methyl/N-ethyl adjacent to an activating group) is 1. The summed E-state index contributed by atoms with van der Waals surface area (Å²) in [6, 6.07) is 5.94. The smallest absolute Gasteiger partial charge is 0.0698 e. The lowest BCUT2D eigenvalue weighted by Gasteiger charge is -2.19. The Kier molecular flexibility index (Phi) is 6.72. The summed E-state index contributed by atoms with van der Waals surface area (Å²) >= 11 is 0. The van der Waals surface area contributed by atoms with Crippen molar-refractivity contribution in [2.24, 2.45) is 0 Å². The van der Waals surface area contributed by atoms with Gasteiger partial charge in [0.15, 0.2) is 0 Å². The first-order valence-electron chi connectivity index (χ1n) is 5.67. The first-order chi connectivity index (χ1) is 7.86. The van der Waals surface area contributed by atoms with Crippen molar-refractivity contribution in [3.63, 3.8) is 0 Å². The molecule has 0 aromatic carbocycles. The summed E-state index contributed by atoms with van der Waals surface area (Å²) < 4.78 is 5.24. The van der Waals surface area contributed by atoms with Gasteiger partial charge in [-0.1, -0.05) is 13.0 Å². The molecule has 0 radical (unpaired) electrons. The van der Waals surface area contributed by atoms with E-state index in [1.807, 2.05) is 24.4 Å². The molecule has 4 heteroatoms. The maximum absolute atomic E-state index is 8.58. The van der Waals surface area contributed by atoms with Gasteiger partial charge in [-0.3, -0.25) is 9.88 Å². The first-order valence-corrected chi connectivity index (χ1v) is 5.67. The molecule has 0 saturated carbocycles. The van der Waals surface area contributed by atoms with E-state index in [4.69, 9.17) is 9.84 Å². The summed E-state index contributed by atoms with van der Waals surface area (Å²) in [4.78, 5) is 6.55. The number of ether oxygens (including phenoxy) is 1. The maximum atomic E-state index is 8.58. The quantitative estimate of drug-likeness (QED) is 0.667. The predicted octanol–water partition coefficient (Wildman–Crippen LogP) is 0.912. The van der Waals surface area contributed by atoms with E-state index in [1.165, 1.54) is 0 Å². The number of hydrogen-bond acceptors (Lipinski definition) is 4. The highest BCUT2D eigenvalue weighted by Gasteiger charge is 2.03. The molecule has 1 N–H and O–H groups in total. The molecule has 4 nitrogen and oxygen atoms in total. The predicted molar refractivity (Wildman–Crippen MR) is 63.1 cm³/mol. The van der Waals surface area contributed by atoms with Crippen LogP contribution in [0.4, 0.5) is 0 Å². The Morgan fingerprint density at radius 3 is 2.88 bits per heavy atom. The van der Waals surface area contributed by atoms with Crippen molar-refractivity contribution in [1.29, 1.82) is 0 Å². The Bertz CT molecular complexity index is 267. The van der Waals surface area contributed by atoms with Crippen LogP contribution in [0, 0.1) is 0 Å². The minimum absolute atomic E-state index is 0.0896. The minimum Gasteiger partial charge on any atom is -0.394 e. The molecule has 0 spiro atoms. The van der Waals surface area contributed by atoms with Crippen molar-refractivity contribution in [3.8, 4) is 0 Å². The van der Waals surface area contributed by atoms with Crippen LogP contribution in [-0.2, 0) is 11.3 Å². The molecule has 0 aliphatic rings. The van der Waals surface area contributed by atoms with E-state index in [9.17, 15) is 0 Å². The van der Waals surface area contributed by atoms with Gasteiger partial charge in [0.25, 0.3) is 0 Å². The third kappa shape index (κ3) is 5.21. The number of aliphatic hydroxyl groups is 1. The minimum atomic E-state index is 0.0896. The molecule has 0 unspecified atom stereocenters. The van der Waals surface area contributed by atoms with Gasteiger partial charge in [0.1, 0.15) is 0 Å². The van der Waals surface area contributed by atoms with Crippen molar-refractivity contribution in [2.75, 3.05) is 32.9 Å². The fourth-order valence-electron chi connectivity index (χ4n) is 1.43. The van der Waals surface area contributed by atoms with Gasteiger partial charge in [0.2, 0.25) is 0 Å². The van der Waals surface area contributed by atoms with Crippen molar-refractivity contribution in [3.05, 3.63) is 30.1 Å². The number of aliphatic hydroxyl groups excluding tert-OH is 1. The normalized spacial score (nSPS) is 10.9. The van der Waals surface area contributed by atoms with Crippen LogP contribution in [0.3, 0.4) is 0 Å². The van der Waals surface area contributed by atoms with Gasteiger partial charge in [-0.05, 0) is 18.7 Å². The van der Waals surface area contributed by atoms with Crippen molar-refractivity contribution in [1.82, 2.24) is 9.88 Å². The molecule has 0 bridgehead atoms. The molecule has 0 saturated heterocycles. The molecule has 0 fully saturated rings. The molecular formula is C12H20N2O2. The zero-order valence-electron chi connectivity index (χ0n) is 9.80. The van der Waals surface area contributed by atoms with Crippen LogP contribution in [0.5, 0.6) is 0 Å². The third-order valence-corrected chi connectivity index (χ3v) is 2.35. The van der Waals surface area contributed by atoms with Gasteiger partial charge >= 0.3 is 0 Å². The summed E-state index contributed by atoms with van der Waals surface area (Å²) in [6.07, 6.45) is 1.81. The highest BCUT2D eigenvalue weighted by atomic mass is 16.5. The second-order valence-electron chi connectivity index (χ2n) is 3.53. The molecular weight excluding hydrogens is 204 g/mol. The Hall–Kier alpha value is -0.970. The average Bonchev–Trinajstić information content (AvgIpc) is 2.34. The highest BCUT2D eigenvalue weighted by Crippen LogP contribution is 2.00. The maximum Gasteiger partial charge on any atom is 0.0698 e. The van der Waals surface area contributed by atoms with Crippen LogP contribution in [0.15, 0.2) is 24.4 Å². The topological polar surface area (TPSA) is 45.6 Å². The lowest BCUT2D eigenvalue weighted by atomic mass is 10.3. The summed E-state index contributed by atoms with van der Waals surface area (Å²) in [5.41, 5.74) is 1.08. The third-order valence-electron chi connectivity index (χ3n) is 2.35. The van der Waals surface area contributed by atoms with Crippen molar-refractivity contribution >= 4 is 0 Å². The van der Waals surface area contributed by atoms with Gasteiger partial charge in [-0.25, -0.2) is 0 Å². The monoisotopic (exact) mass is 224 g/mol. The van der Waals surface area contributed by atoms with E-state index in [0.717, 1.165) is 25.3 Å². The molecule has 0 aliphatic heterocycles. The molecule has 0 atom stereocenters. The van der Waals surface area contributed by atoms with Gasteiger partial charge in [0.05, 0.1) is 25.5 Å². The van der Waals surface area contributed by atoms with Gasteiger partial charge < -0.3 is 9.84 Å². The Morgan fingerprint density at radius 2 is 2.25 bits per heavy atom. The molecule has 1 rings (SSSR count). The van der Waals surface area contributed by atoms with Crippen molar-refractivity contribution < 1.29 is 9.84 Å². The number of nitrogens with zero attached hydrogens (tertiary/aromatic N) is 2. The number of aromatic nitrogens is 1. The van der Waals surface area contributed by atoms with Crippen LogP contribution in [-0.4, -0.2) is 47.9 Å².